The fourth-order valence-electron chi connectivity index (χ4n) is 1.93. The lowest BCUT2D eigenvalue weighted by molar-refractivity contribution is -0.142. The summed E-state index contributed by atoms with van der Waals surface area (Å²) in [7, 11) is 2.84. The van der Waals surface area contributed by atoms with Crippen molar-refractivity contribution in [3.05, 3.63) is 34.9 Å². The van der Waals surface area contributed by atoms with Gasteiger partial charge in [-0.25, -0.2) is 4.79 Å². The first-order valence-corrected chi connectivity index (χ1v) is 6.94. The summed E-state index contributed by atoms with van der Waals surface area (Å²) in [5.41, 5.74) is 2.29. The van der Waals surface area contributed by atoms with Gasteiger partial charge in [-0.05, 0) is 39.3 Å². The maximum Gasteiger partial charge on any atom is 0.343 e. The van der Waals surface area contributed by atoms with Crippen LogP contribution in [-0.2, 0) is 16.0 Å². The van der Waals surface area contributed by atoms with Gasteiger partial charge in [0, 0.05) is 5.56 Å². The summed E-state index contributed by atoms with van der Waals surface area (Å²) in [6.07, 6.45) is 2.55. The molecule has 0 radical (unpaired) electrons. The lowest BCUT2D eigenvalue weighted by Gasteiger charge is -2.16. The van der Waals surface area contributed by atoms with E-state index in [-0.39, 0.29) is 12.4 Å². The van der Waals surface area contributed by atoms with Crippen molar-refractivity contribution >= 4 is 11.8 Å². The Morgan fingerprint density at radius 3 is 2.32 bits per heavy atom. The monoisotopic (exact) mass is 306 g/mol. The van der Waals surface area contributed by atoms with Crippen molar-refractivity contribution in [3.8, 4) is 11.5 Å². The molecule has 0 fully saturated rings. The molecule has 22 heavy (non-hydrogen) atoms. The van der Waals surface area contributed by atoms with Crippen molar-refractivity contribution in [1.82, 2.24) is 0 Å². The van der Waals surface area contributed by atoms with Crippen LogP contribution >= 0.6 is 0 Å². The zero-order valence-corrected chi connectivity index (χ0v) is 13.7. The summed E-state index contributed by atoms with van der Waals surface area (Å²) in [5, 5.41) is 0. The molecule has 1 aromatic carbocycles. The van der Waals surface area contributed by atoms with Crippen molar-refractivity contribution in [2.45, 2.75) is 27.2 Å². The van der Waals surface area contributed by atoms with E-state index in [1.54, 1.807) is 19.2 Å². The number of esters is 1. The van der Waals surface area contributed by atoms with Gasteiger partial charge in [-0.2, -0.15) is 0 Å². The highest BCUT2D eigenvalue weighted by molar-refractivity contribution is 5.97. The number of benzene rings is 1. The van der Waals surface area contributed by atoms with Gasteiger partial charge in [0.25, 0.3) is 0 Å². The van der Waals surface area contributed by atoms with Crippen molar-refractivity contribution < 1.29 is 23.8 Å². The Morgan fingerprint density at radius 1 is 1.14 bits per heavy atom. The maximum absolute atomic E-state index is 11.8. The molecule has 5 heteroatoms. The largest absolute Gasteiger partial charge is 0.496 e. The molecule has 0 aliphatic heterocycles. The first-order chi connectivity index (χ1) is 10.4. The van der Waals surface area contributed by atoms with Crippen LogP contribution in [0.3, 0.4) is 0 Å². The Hall–Kier alpha value is -2.30. The van der Waals surface area contributed by atoms with Crippen LogP contribution < -0.4 is 9.47 Å². The third-order valence-corrected chi connectivity index (χ3v) is 3.09. The predicted octanol–water partition coefficient (Wildman–Crippen LogP) is 2.96. The van der Waals surface area contributed by atoms with Crippen LogP contribution in [0.1, 0.15) is 36.7 Å². The van der Waals surface area contributed by atoms with E-state index in [1.807, 2.05) is 19.9 Å². The fraction of sp³-hybridized carbons (Fsp3) is 0.412. The minimum atomic E-state index is -0.509. The van der Waals surface area contributed by atoms with E-state index in [1.165, 1.54) is 14.0 Å². The molecule has 0 unspecified atom stereocenters. The summed E-state index contributed by atoms with van der Waals surface area (Å²) in [6.45, 7) is 5.16. The topological polar surface area (TPSA) is 61.8 Å². The average molecular weight is 306 g/mol. The molecular formula is C17H22O5. The zero-order valence-electron chi connectivity index (χ0n) is 13.7. The van der Waals surface area contributed by atoms with Gasteiger partial charge in [-0.3, -0.25) is 4.79 Å². The molecule has 0 aliphatic rings. The Bertz CT molecular complexity index is 583. The Morgan fingerprint density at radius 2 is 1.82 bits per heavy atom. The standard InChI is InChI=1S/C17H22O5/c1-11(2)6-7-14-15(20-4)9-8-13(12(3)18)17(14)22-10-16(19)21-5/h6,8-9H,7,10H2,1-5H3. The normalized spacial score (nSPS) is 9.86. The van der Waals surface area contributed by atoms with E-state index in [0.717, 1.165) is 11.1 Å². The quantitative estimate of drug-likeness (QED) is 0.440. The number of Topliss-reactive ketones (excluding diaryl/α,β-unsaturated/α-hetero) is 1. The van der Waals surface area contributed by atoms with E-state index in [0.29, 0.717) is 23.5 Å². The molecule has 0 aliphatic carbocycles. The van der Waals surface area contributed by atoms with Crippen molar-refractivity contribution in [1.29, 1.82) is 0 Å². The molecule has 0 heterocycles. The van der Waals surface area contributed by atoms with E-state index >= 15 is 0 Å². The Labute approximate surface area is 130 Å². The third-order valence-electron chi connectivity index (χ3n) is 3.09. The van der Waals surface area contributed by atoms with Crippen LogP contribution in [0.5, 0.6) is 11.5 Å². The number of ketones is 1. The molecule has 0 bridgehead atoms. The molecule has 1 rings (SSSR count). The van der Waals surface area contributed by atoms with E-state index < -0.39 is 5.97 Å². The van der Waals surface area contributed by atoms with Crippen molar-refractivity contribution in [2.75, 3.05) is 20.8 Å². The Kier molecular flexibility index (Phi) is 6.63. The molecule has 0 atom stereocenters. The zero-order chi connectivity index (χ0) is 16.7. The average Bonchev–Trinajstić information content (AvgIpc) is 2.49. The molecule has 0 amide bonds. The number of carbonyl (C=O) groups excluding carboxylic acids is 2. The molecular weight excluding hydrogens is 284 g/mol. The highest BCUT2D eigenvalue weighted by Crippen LogP contribution is 2.33. The molecule has 0 N–H and O–H groups in total. The van der Waals surface area contributed by atoms with Gasteiger partial charge in [-0.15, -0.1) is 0 Å². The van der Waals surface area contributed by atoms with Crippen LogP contribution in [0.15, 0.2) is 23.8 Å². The second-order valence-corrected chi connectivity index (χ2v) is 5.03. The molecule has 5 nitrogen and oxygen atoms in total. The molecule has 1 aromatic rings. The molecule has 0 spiro atoms. The van der Waals surface area contributed by atoms with Gasteiger partial charge in [0.05, 0.1) is 19.8 Å². The highest BCUT2D eigenvalue weighted by Gasteiger charge is 2.18. The van der Waals surface area contributed by atoms with E-state index in [4.69, 9.17) is 9.47 Å². The number of rotatable bonds is 7. The first-order valence-electron chi connectivity index (χ1n) is 6.94. The summed E-state index contributed by atoms with van der Waals surface area (Å²) < 4.78 is 15.5. The highest BCUT2D eigenvalue weighted by atomic mass is 16.6. The summed E-state index contributed by atoms with van der Waals surface area (Å²) >= 11 is 0. The van der Waals surface area contributed by atoms with Gasteiger partial charge in [-0.1, -0.05) is 11.6 Å². The minimum absolute atomic E-state index is 0.138. The molecule has 0 saturated carbocycles. The maximum atomic E-state index is 11.8. The summed E-state index contributed by atoms with van der Waals surface area (Å²) in [4.78, 5) is 23.1. The third kappa shape index (κ3) is 4.62. The number of carbonyl (C=O) groups is 2. The van der Waals surface area contributed by atoms with Gasteiger partial charge in [0.1, 0.15) is 11.5 Å². The van der Waals surface area contributed by atoms with Crippen molar-refractivity contribution in [2.24, 2.45) is 0 Å². The number of ether oxygens (including phenoxy) is 3. The lowest BCUT2D eigenvalue weighted by Crippen LogP contribution is -2.15. The fourth-order valence-corrected chi connectivity index (χ4v) is 1.93. The van der Waals surface area contributed by atoms with Gasteiger partial charge < -0.3 is 14.2 Å². The van der Waals surface area contributed by atoms with E-state index in [9.17, 15) is 9.59 Å². The smallest absolute Gasteiger partial charge is 0.343 e. The Balaban J connectivity index is 3.32. The van der Waals surface area contributed by atoms with Crippen LogP contribution in [0.25, 0.3) is 0 Å². The lowest BCUT2D eigenvalue weighted by atomic mass is 10.0. The van der Waals surface area contributed by atoms with Crippen LogP contribution in [0.4, 0.5) is 0 Å². The summed E-state index contributed by atoms with van der Waals surface area (Å²) in [6, 6.07) is 3.37. The van der Waals surface area contributed by atoms with Crippen molar-refractivity contribution in [3.63, 3.8) is 0 Å². The number of hydrogen-bond donors (Lipinski definition) is 0. The minimum Gasteiger partial charge on any atom is -0.496 e. The van der Waals surface area contributed by atoms with Crippen LogP contribution in [0.2, 0.25) is 0 Å². The summed E-state index contributed by atoms with van der Waals surface area (Å²) in [5.74, 6) is 0.337. The van der Waals surface area contributed by atoms with Gasteiger partial charge >= 0.3 is 5.97 Å². The molecule has 0 saturated heterocycles. The second-order valence-electron chi connectivity index (χ2n) is 5.03. The molecule has 0 aromatic heterocycles. The van der Waals surface area contributed by atoms with E-state index in [2.05, 4.69) is 4.74 Å². The number of allylic oxidation sites excluding steroid dienone is 2. The van der Waals surface area contributed by atoms with Crippen LogP contribution in [-0.4, -0.2) is 32.6 Å². The van der Waals surface area contributed by atoms with Crippen LogP contribution in [0, 0.1) is 0 Å². The number of methoxy groups -OCH3 is 2. The first kappa shape index (κ1) is 17.8. The SMILES string of the molecule is COC(=O)COc1c(C(C)=O)ccc(OC)c1CC=C(C)C. The predicted molar refractivity (Wildman–Crippen MR) is 83.6 cm³/mol. The van der Waals surface area contributed by atoms with Gasteiger partial charge in [0.2, 0.25) is 0 Å². The number of hydrogen-bond acceptors (Lipinski definition) is 5. The molecule has 120 valence electrons. The van der Waals surface area contributed by atoms with Gasteiger partial charge in [0.15, 0.2) is 12.4 Å². The second kappa shape index (κ2) is 8.22.